The fraction of sp³-hybridized carbons (Fsp3) is 0.583. The number of hydrogen-bond donors (Lipinski definition) is 0. The lowest BCUT2D eigenvalue weighted by atomic mass is 10.2. The minimum absolute atomic E-state index is 0.0243. The summed E-state index contributed by atoms with van der Waals surface area (Å²) in [6.45, 7) is 3.95. The maximum absolute atomic E-state index is 12.6. The Bertz CT molecular complexity index is 533. The second-order valence-electron chi connectivity index (χ2n) is 4.63. The van der Waals surface area contributed by atoms with Gasteiger partial charge in [-0.1, -0.05) is 18.5 Å². The van der Waals surface area contributed by atoms with E-state index in [-0.39, 0.29) is 22.0 Å². The predicted molar refractivity (Wildman–Crippen MR) is 71.0 cm³/mol. The largest absolute Gasteiger partial charge is 0.263 e. The van der Waals surface area contributed by atoms with Gasteiger partial charge in [0.1, 0.15) is 4.90 Å². The van der Waals surface area contributed by atoms with E-state index in [0.717, 1.165) is 19.3 Å². The van der Waals surface area contributed by atoms with Crippen molar-refractivity contribution in [3.8, 4) is 0 Å². The number of sulfonamides is 1. The van der Waals surface area contributed by atoms with Crippen molar-refractivity contribution in [2.45, 2.75) is 50.1 Å². The molecule has 1 aliphatic rings. The van der Waals surface area contributed by atoms with Crippen molar-refractivity contribution < 1.29 is 8.42 Å². The Balaban J connectivity index is 2.46. The molecule has 0 aromatic carbocycles. The molecule has 0 bridgehead atoms. The molecule has 2 unspecified atom stereocenters. The Morgan fingerprint density at radius 2 is 2.22 bits per heavy atom. The lowest BCUT2D eigenvalue weighted by Crippen LogP contribution is -2.39. The lowest BCUT2D eigenvalue weighted by Gasteiger charge is -2.27. The van der Waals surface area contributed by atoms with E-state index in [1.165, 1.54) is 18.5 Å². The minimum Gasteiger partial charge on any atom is -0.263 e. The standard InChI is InChI=1S/C12H17ClN2O2S/c1-3-10-5-4-9(2)15(10)18(16,17)12-8-14-7-6-11(12)13/h6-10H,3-5H2,1-2H3. The molecule has 1 fully saturated rings. The Kier molecular flexibility index (Phi) is 3.94. The van der Waals surface area contributed by atoms with Gasteiger partial charge >= 0.3 is 0 Å². The molecule has 2 atom stereocenters. The molecule has 100 valence electrons. The molecule has 4 nitrogen and oxygen atoms in total. The van der Waals surface area contributed by atoms with E-state index < -0.39 is 10.0 Å². The van der Waals surface area contributed by atoms with Gasteiger partial charge in [0, 0.05) is 24.5 Å². The van der Waals surface area contributed by atoms with Gasteiger partial charge in [-0.05, 0) is 32.3 Å². The van der Waals surface area contributed by atoms with Crippen LogP contribution in [0.2, 0.25) is 5.02 Å². The molecule has 0 spiro atoms. The number of pyridine rings is 1. The van der Waals surface area contributed by atoms with E-state index >= 15 is 0 Å². The summed E-state index contributed by atoms with van der Waals surface area (Å²) in [5, 5.41) is 0.235. The minimum atomic E-state index is -3.54. The van der Waals surface area contributed by atoms with Crippen molar-refractivity contribution in [3.05, 3.63) is 23.5 Å². The van der Waals surface area contributed by atoms with Crippen LogP contribution in [0.3, 0.4) is 0 Å². The van der Waals surface area contributed by atoms with Crippen LogP contribution in [0.4, 0.5) is 0 Å². The highest BCUT2D eigenvalue weighted by atomic mass is 35.5. The molecule has 18 heavy (non-hydrogen) atoms. The summed E-state index contributed by atoms with van der Waals surface area (Å²) < 4.78 is 26.9. The first kappa shape index (κ1) is 13.8. The summed E-state index contributed by atoms with van der Waals surface area (Å²) >= 11 is 5.98. The van der Waals surface area contributed by atoms with Gasteiger partial charge in [-0.2, -0.15) is 4.31 Å². The van der Waals surface area contributed by atoms with Crippen molar-refractivity contribution >= 4 is 21.6 Å². The third kappa shape index (κ3) is 2.27. The van der Waals surface area contributed by atoms with Crippen LogP contribution in [0.1, 0.15) is 33.1 Å². The molecule has 0 N–H and O–H groups in total. The molecule has 1 aromatic heterocycles. The SMILES string of the molecule is CCC1CCC(C)N1S(=O)(=O)c1cnccc1Cl. The maximum atomic E-state index is 12.6. The van der Waals surface area contributed by atoms with Gasteiger partial charge in [-0.25, -0.2) is 8.42 Å². The van der Waals surface area contributed by atoms with E-state index in [2.05, 4.69) is 4.98 Å². The molecule has 0 saturated carbocycles. The molecule has 1 aromatic rings. The van der Waals surface area contributed by atoms with E-state index in [0.29, 0.717) is 0 Å². The molecular formula is C12H17ClN2O2S. The van der Waals surface area contributed by atoms with Crippen molar-refractivity contribution in [2.75, 3.05) is 0 Å². The number of rotatable bonds is 3. The summed E-state index contributed by atoms with van der Waals surface area (Å²) in [7, 11) is -3.54. The second kappa shape index (κ2) is 5.15. The van der Waals surface area contributed by atoms with Crippen molar-refractivity contribution in [1.82, 2.24) is 9.29 Å². The van der Waals surface area contributed by atoms with E-state index in [1.54, 1.807) is 4.31 Å². The second-order valence-corrected chi connectivity index (χ2v) is 6.85. The Morgan fingerprint density at radius 1 is 1.50 bits per heavy atom. The van der Waals surface area contributed by atoms with Gasteiger partial charge in [0.25, 0.3) is 0 Å². The van der Waals surface area contributed by atoms with Crippen LogP contribution in [-0.4, -0.2) is 29.8 Å². The summed E-state index contributed by atoms with van der Waals surface area (Å²) in [6.07, 6.45) is 5.45. The first-order valence-electron chi connectivity index (χ1n) is 6.11. The zero-order chi connectivity index (χ0) is 13.3. The first-order valence-corrected chi connectivity index (χ1v) is 7.93. The van der Waals surface area contributed by atoms with Gasteiger partial charge in [0.15, 0.2) is 0 Å². The topological polar surface area (TPSA) is 50.3 Å². The molecular weight excluding hydrogens is 272 g/mol. The third-order valence-corrected chi connectivity index (χ3v) is 6.01. The molecule has 0 amide bonds. The van der Waals surface area contributed by atoms with Crippen LogP contribution in [0.15, 0.2) is 23.4 Å². The van der Waals surface area contributed by atoms with Gasteiger partial charge in [0.05, 0.1) is 5.02 Å². The Morgan fingerprint density at radius 3 is 2.83 bits per heavy atom. The molecule has 0 radical (unpaired) electrons. The summed E-state index contributed by atoms with van der Waals surface area (Å²) in [5.41, 5.74) is 0. The third-order valence-electron chi connectivity index (χ3n) is 3.47. The van der Waals surface area contributed by atoms with Crippen molar-refractivity contribution in [3.63, 3.8) is 0 Å². The van der Waals surface area contributed by atoms with Crippen LogP contribution in [0.25, 0.3) is 0 Å². The maximum Gasteiger partial charge on any atom is 0.246 e. The zero-order valence-corrected chi connectivity index (χ0v) is 12.1. The summed E-state index contributed by atoms with van der Waals surface area (Å²) in [5.74, 6) is 0. The number of nitrogens with zero attached hydrogens (tertiary/aromatic N) is 2. The Hall–Kier alpha value is -0.650. The zero-order valence-electron chi connectivity index (χ0n) is 10.5. The average Bonchev–Trinajstić information content (AvgIpc) is 2.71. The van der Waals surface area contributed by atoms with Crippen LogP contribution in [-0.2, 0) is 10.0 Å². The number of hydrogen-bond acceptors (Lipinski definition) is 3. The predicted octanol–water partition coefficient (Wildman–Crippen LogP) is 2.69. The molecule has 1 aliphatic heterocycles. The van der Waals surface area contributed by atoms with Gasteiger partial charge < -0.3 is 0 Å². The smallest absolute Gasteiger partial charge is 0.246 e. The summed E-state index contributed by atoms with van der Waals surface area (Å²) in [6, 6.07) is 1.60. The Labute approximate surface area is 113 Å². The average molecular weight is 289 g/mol. The highest BCUT2D eigenvalue weighted by Gasteiger charge is 2.39. The van der Waals surface area contributed by atoms with E-state index in [1.807, 2.05) is 13.8 Å². The number of halogens is 1. The molecule has 6 heteroatoms. The molecule has 2 rings (SSSR count). The van der Waals surface area contributed by atoms with E-state index in [4.69, 9.17) is 11.6 Å². The van der Waals surface area contributed by atoms with Gasteiger partial charge in [0.2, 0.25) is 10.0 Å². The van der Waals surface area contributed by atoms with Crippen LogP contribution >= 0.6 is 11.6 Å². The van der Waals surface area contributed by atoms with E-state index in [9.17, 15) is 8.42 Å². The number of aromatic nitrogens is 1. The normalized spacial score (nSPS) is 25.5. The van der Waals surface area contributed by atoms with Gasteiger partial charge in [-0.15, -0.1) is 0 Å². The molecule has 1 saturated heterocycles. The van der Waals surface area contributed by atoms with Crippen molar-refractivity contribution in [1.29, 1.82) is 0 Å². The van der Waals surface area contributed by atoms with Crippen LogP contribution < -0.4 is 0 Å². The monoisotopic (exact) mass is 288 g/mol. The highest BCUT2D eigenvalue weighted by Crippen LogP contribution is 2.34. The highest BCUT2D eigenvalue weighted by molar-refractivity contribution is 7.89. The van der Waals surface area contributed by atoms with Gasteiger partial charge in [-0.3, -0.25) is 4.98 Å². The van der Waals surface area contributed by atoms with Crippen LogP contribution in [0.5, 0.6) is 0 Å². The quantitative estimate of drug-likeness (QED) is 0.859. The van der Waals surface area contributed by atoms with Crippen molar-refractivity contribution in [2.24, 2.45) is 0 Å². The fourth-order valence-electron chi connectivity index (χ4n) is 2.53. The fourth-order valence-corrected chi connectivity index (χ4v) is 4.89. The van der Waals surface area contributed by atoms with Crippen LogP contribution in [0, 0.1) is 0 Å². The lowest BCUT2D eigenvalue weighted by molar-refractivity contribution is 0.328. The first-order chi connectivity index (χ1) is 8.48. The molecule has 0 aliphatic carbocycles. The molecule has 2 heterocycles. The summed E-state index contributed by atoms with van der Waals surface area (Å²) in [4.78, 5) is 3.98.